The summed E-state index contributed by atoms with van der Waals surface area (Å²) in [6, 6.07) is 0. The van der Waals surface area contributed by atoms with Crippen molar-refractivity contribution in [1.29, 1.82) is 0 Å². The van der Waals surface area contributed by atoms with E-state index in [1.165, 1.54) is 0 Å². The Bertz CT molecular complexity index is 48.3. The number of amides is 1. The smallest absolute Gasteiger partial charge is 0.207 e. The van der Waals surface area contributed by atoms with Crippen LogP contribution in [0.4, 0.5) is 0 Å². The van der Waals surface area contributed by atoms with E-state index in [1.54, 1.807) is 0 Å². The minimum atomic E-state index is 0.712. The maximum atomic E-state index is 9.45. The van der Waals surface area contributed by atoms with Crippen LogP contribution < -0.4 is 10.6 Å². The number of carbonyl (C=O) groups excluding carboxylic acids is 1. The molecule has 0 aromatic rings. The monoisotopic (exact) mass is 132 g/mol. The van der Waals surface area contributed by atoms with Gasteiger partial charge in [0, 0.05) is 6.54 Å². The topological polar surface area (TPSA) is 41.1 Å². The second kappa shape index (κ2) is 15.7. The Morgan fingerprint density at radius 3 is 2.00 bits per heavy atom. The Morgan fingerprint density at radius 1 is 1.44 bits per heavy atom. The van der Waals surface area contributed by atoms with Crippen molar-refractivity contribution in [2.75, 3.05) is 20.6 Å². The van der Waals surface area contributed by atoms with Crippen LogP contribution in [0.1, 0.15) is 13.3 Å². The van der Waals surface area contributed by atoms with Gasteiger partial charge < -0.3 is 10.6 Å². The molecular weight excluding hydrogens is 116 g/mol. The summed E-state index contributed by atoms with van der Waals surface area (Å²) in [5.41, 5.74) is 0. The van der Waals surface area contributed by atoms with Crippen molar-refractivity contribution in [2.45, 2.75) is 13.3 Å². The molecule has 0 saturated carbocycles. The highest BCUT2D eigenvalue weighted by Crippen LogP contribution is 1.63. The molecule has 9 heavy (non-hydrogen) atoms. The molecule has 0 heterocycles. The number of nitrogens with one attached hydrogen (secondary N) is 2. The standard InChI is InChI=1S/C4H9NO.C2H7N/c1-2-3-5-4-6;1-3-2/h4H,2-3H2,1H3,(H,5,6);3H,1-2H3. The van der Waals surface area contributed by atoms with E-state index in [4.69, 9.17) is 0 Å². The molecule has 0 spiro atoms. The fourth-order valence-corrected chi connectivity index (χ4v) is 0.203. The molecule has 0 aromatic heterocycles. The lowest BCUT2D eigenvalue weighted by Gasteiger charge is -1.86. The van der Waals surface area contributed by atoms with Crippen LogP contribution in [0.5, 0.6) is 0 Å². The predicted octanol–water partition coefficient (Wildman–Crippen LogP) is -0.0220. The van der Waals surface area contributed by atoms with E-state index < -0.39 is 0 Å². The predicted molar refractivity (Wildman–Crippen MR) is 39.3 cm³/mol. The molecular formula is C6H16N2O. The van der Waals surface area contributed by atoms with Crippen LogP contribution in [0.25, 0.3) is 0 Å². The van der Waals surface area contributed by atoms with Gasteiger partial charge in [0.1, 0.15) is 0 Å². The molecule has 0 saturated heterocycles. The van der Waals surface area contributed by atoms with Crippen molar-refractivity contribution in [2.24, 2.45) is 0 Å². The summed E-state index contributed by atoms with van der Waals surface area (Å²) >= 11 is 0. The van der Waals surface area contributed by atoms with Crippen molar-refractivity contribution in [3.05, 3.63) is 0 Å². The zero-order chi connectivity index (χ0) is 7.54. The summed E-state index contributed by atoms with van der Waals surface area (Å²) in [5.74, 6) is 0. The van der Waals surface area contributed by atoms with Gasteiger partial charge in [-0.1, -0.05) is 6.92 Å². The molecule has 0 aliphatic heterocycles. The summed E-state index contributed by atoms with van der Waals surface area (Å²) in [5, 5.41) is 5.27. The van der Waals surface area contributed by atoms with Gasteiger partial charge in [-0.2, -0.15) is 0 Å². The first-order valence-corrected chi connectivity index (χ1v) is 3.09. The molecule has 56 valence electrons. The van der Waals surface area contributed by atoms with Gasteiger partial charge in [0.2, 0.25) is 6.41 Å². The lowest BCUT2D eigenvalue weighted by molar-refractivity contribution is -0.109. The zero-order valence-electron chi connectivity index (χ0n) is 6.40. The molecule has 1 amide bonds. The fraction of sp³-hybridized carbons (Fsp3) is 0.833. The molecule has 0 bridgehead atoms. The maximum absolute atomic E-state index is 9.45. The van der Waals surface area contributed by atoms with E-state index in [-0.39, 0.29) is 0 Å². The van der Waals surface area contributed by atoms with Crippen LogP contribution in [0, 0.1) is 0 Å². The molecule has 0 radical (unpaired) electrons. The third-order valence-corrected chi connectivity index (χ3v) is 0.478. The average molecular weight is 132 g/mol. The first-order valence-electron chi connectivity index (χ1n) is 3.09. The van der Waals surface area contributed by atoms with Gasteiger partial charge in [-0.05, 0) is 20.5 Å². The summed E-state index contributed by atoms with van der Waals surface area (Å²) in [7, 11) is 3.75. The Morgan fingerprint density at radius 2 is 1.89 bits per heavy atom. The molecule has 0 unspecified atom stereocenters. The largest absolute Gasteiger partial charge is 0.359 e. The fourth-order valence-electron chi connectivity index (χ4n) is 0.203. The Labute approximate surface area is 56.8 Å². The Hall–Kier alpha value is -0.570. The van der Waals surface area contributed by atoms with Gasteiger partial charge in [-0.15, -0.1) is 0 Å². The van der Waals surface area contributed by atoms with Crippen molar-refractivity contribution in [3.8, 4) is 0 Å². The van der Waals surface area contributed by atoms with Crippen molar-refractivity contribution in [3.63, 3.8) is 0 Å². The van der Waals surface area contributed by atoms with Crippen LogP contribution in [0.15, 0.2) is 0 Å². The van der Waals surface area contributed by atoms with Gasteiger partial charge in [-0.25, -0.2) is 0 Å². The van der Waals surface area contributed by atoms with Crippen LogP contribution in [-0.2, 0) is 4.79 Å². The van der Waals surface area contributed by atoms with E-state index in [2.05, 4.69) is 10.6 Å². The van der Waals surface area contributed by atoms with Gasteiger partial charge in [0.05, 0.1) is 0 Å². The molecule has 0 atom stereocenters. The lowest BCUT2D eigenvalue weighted by atomic mass is 10.5. The van der Waals surface area contributed by atoms with Gasteiger partial charge in [0.15, 0.2) is 0 Å². The lowest BCUT2D eigenvalue weighted by Crippen LogP contribution is -2.10. The highest BCUT2D eigenvalue weighted by molar-refractivity contribution is 5.45. The van der Waals surface area contributed by atoms with Crippen molar-refractivity contribution < 1.29 is 4.79 Å². The molecule has 3 nitrogen and oxygen atoms in total. The average Bonchev–Trinajstić information content (AvgIpc) is 1.86. The second-order valence-electron chi connectivity index (χ2n) is 1.57. The van der Waals surface area contributed by atoms with Crippen LogP contribution >= 0.6 is 0 Å². The highest BCUT2D eigenvalue weighted by Gasteiger charge is 1.69. The van der Waals surface area contributed by atoms with Gasteiger partial charge in [0.25, 0.3) is 0 Å². The molecule has 0 aromatic carbocycles. The molecule has 0 aliphatic carbocycles. The normalized spacial score (nSPS) is 7.00. The number of hydrogen-bond acceptors (Lipinski definition) is 2. The summed E-state index contributed by atoms with van der Waals surface area (Å²) in [4.78, 5) is 9.45. The Balaban J connectivity index is 0. The zero-order valence-corrected chi connectivity index (χ0v) is 6.40. The molecule has 0 fully saturated rings. The van der Waals surface area contributed by atoms with Gasteiger partial charge in [-0.3, -0.25) is 4.79 Å². The quantitative estimate of drug-likeness (QED) is 0.418. The van der Waals surface area contributed by atoms with E-state index in [9.17, 15) is 4.79 Å². The van der Waals surface area contributed by atoms with Crippen molar-refractivity contribution >= 4 is 6.41 Å². The second-order valence-corrected chi connectivity index (χ2v) is 1.57. The first-order chi connectivity index (χ1) is 4.33. The molecule has 2 N–H and O–H groups in total. The summed E-state index contributed by atoms with van der Waals surface area (Å²) in [6.45, 7) is 2.81. The third kappa shape index (κ3) is 37.1. The first kappa shape index (κ1) is 11.3. The Kier molecular flexibility index (Phi) is 19.6. The number of hydrogen-bond donors (Lipinski definition) is 2. The molecule has 0 rings (SSSR count). The number of carbonyl (C=O) groups is 1. The summed E-state index contributed by atoms with van der Waals surface area (Å²) in [6.07, 6.45) is 1.72. The summed E-state index contributed by atoms with van der Waals surface area (Å²) < 4.78 is 0. The third-order valence-electron chi connectivity index (χ3n) is 0.478. The van der Waals surface area contributed by atoms with Crippen LogP contribution in [0.2, 0.25) is 0 Å². The van der Waals surface area contributed by atoms with Crippen molar-refractivity contribution in [1.82, 2.24) is 10.6 Å². The van der Waals surface area contributed by atoms with E-state index in [0.717, 1.165) is 13.0 Å². The highest BCUT2D eigenvalue weighted by atomic mass is 16.1. The van der Waals surface area contributed by atoms with Crippen LogP contribution in [0.3, 0.4) is 0 Å². The van der Waals surface area contributed by atoms with Crippen LogP contribution in [-0.4, -0.2) is 27.1 Å². The minimum Gasteiger partial charge on any atom is -0.359 e. The van der Waals surface area contributed by atoms with Gasteiger partial charge >= 0.3 is 0 Å². The van der Waals surface area contributed by atoms with E-state index in [0.29, 0.717) is 6.41 Å². The van der Waals surface area contributed by atoms with E-state index in [1.807, 2.05) is 21.0 Å². The number of rotatable bonds is 3. The van der Waals surface area contributed by atoms with E-state index >= 15 is 0 Å². The molecule has 0 aliphatic rings. The minimum absolute atomic E-state index is 0.712. The maximum Gasteiger partial charge on any atom is 0.207 e. The molecule has 3 heteroatoms. The SMILES string of the molecule is CCCNC=O.CNC.